The van der Waals surface area contributed by atoms with E-state index in [1.54, 1.807) is 0 Å². The molecule has 2 fully saturated rings. The molecule has 8 heteroatoms. The van der Waals surface area contributed by atoms with Gasteiger partial charge in [0, 0.05) is 6.54 Å². The van der Waals surface area contributed by atoms with Gasteiger partial charge < -0.3 is 10.6 Å². The average Bonchev–Trinajstić information content (AvgIpc) is 2.67. The van der Waals surface area contributed by atoms with Crippen LogP contribution in [0.3, 0.4) is 0 Å². The molecule has 1 aromatic carbocycles. The fourth-order valence-corrected chi connectivity index (χ4v) is 4.07. The second-order valence-corrected chi connectivity index (χ2v) is 7.38. The van der Waals surface area contributed by atoms with Crippen LogP contribution in [0.15, 0.2) is 12.1 Å². The lowest BCUT2D eigenvalue weighted by atomic mass is 9.75. The Morgan fingerprint density at radius 3 is 2.52 bits per heavy atom. The molecule has 27 heavy (non-hydrogen) atoms. The van der Waals surface area contributed by atoms with Crippen LogP contribution in [0.5, 0.6) is 0 Å². The summed E-state index contributed by atoms with van der Waals surface area (Å²) in [5.74, 6) is -4.02. The van der Waals surface area contributed by atoms with Gasteiger partial charge in [-0.05, 0) is 43.4 Å². The summed E-state index contributed by atoms with van der Waals surface area (Å²) in [5.41, 5.74) is -0.465. The Morgan fingerprint density at radius 1 is 1.00 bits per heavy atom. The van der Waals surface area contributed by atoms with Crippen LogP contribution in [0.1, 0.15) is 32.1 Å². The Morgan fingerprint density at radius 2 is 1.74 bits per heavy atom. The molecule has 0 radical (unpaired) electrons. The summed E-state index contributed by atoms with van der Waals surface area (Å²) < 4.78 is 39.6. The molecular formula is C19H24F3N3O2. The summed E-state index contributed by atoms with van der Waals surface area (Å²) in [7, 11) is 0. The summed E-state index contributed by atoms with van der Waals surface area (Å²) in [6, 6.07) is 1.66. The molecule has 0 unspecified atom stereocenters. The molecule has 1 aromatic rings. The molecule has 1 aliphatic heterocycles. The molecule has 3 rings (SSSR count). The molecule has 0 aromatic heterocycles. The van der Waals surface area contributed by atoms with Gasteiger partial charge in [-0.1, -0.05) is 19.3 Å². The van der Waals surface area contributed by atoms with E-state index in [-0.39, 0.29) is 19.0 Å². The first-order valence-corrected chi connectivity index (χ1v) is 9.36. The largest absolute Gasteiger partial charge is 0.346 e. The maximum atomic E-state index is 13.5. The fourth-order valence-electron chi connectivity index (χ4n) is 4.07. The number of nitrogens with zero attached hydrogens (tertiary/aromatic N) is 1. The van der Waals surface area contributed by atoms with Gasteiger partial charge in [0.15, 0.2) is 17.5 Å². The molecule has 1 saturated heterocycles. The molecular weight excluding hydrogens is 359 g/mol. The lowest BCUT2D eigenvalue weighted by Gasteiger charge is -2.41. The number of hydrogen-bond donors (Lipinski definition) is 2. The van der Waals surface area contributed by atoms with Gasteiger partial charge in [0.2, 0.25) is 11.8 Å². The van der Waals surface area contributed by atoms with Gasteiger partial charge in [0.1, 0.15) is 0 Å². The molecule has 148 valence electrons. The van der Waals surface area contributed by atoms with Crippen LogP contribution in [0.2, 0.25) is 0 Å². The number of anilines is 1. The van der Waals surface area contributed by atoms with E-state index >= 15 is 0 Å². The normalized spacial score (nSPS) is 22.8. The third-order valence-corrected chi connectivity index (χ3v) is 5.50. The Kier molecular flexibility index (Phi) is 6.36. The van der Waals surface area contributed by atoms with E-state index in [2.05, 4.69) is 15.5 Å². The highest BCUT2D eigenvalue weighted by atomic mass is 19.2. The van der Waals surface area contributed by atoms with Crippen molar-refractivity contribution in [3.63, 3.8) is 0 Å². The van der Waals surface area contributed by atoms with Crippen molar-refractivity contribution in [2.45, 2.75) is 32.1 Å². The summed E-state index contributed by atoms with van der Waals surface area (Å²) >= 11 is 0. The number of benzene rings is 1. The van der Waals surface area contributed by atoms with Gasteiger partial charge in [-0.15, -0.1) is 0 Å². The first-order chi connectivity index (χ1) is 12.9. The lowest BCUT2D eigenvalue weighted by Crippen LogP contribution is -2.47. The molecule has 5 nitrogen and oxygen atoms in total. The Balaban J connectivity index is 1.42. The SMILES string of the molecule is O=C(CN1CC[C@@H]2CCCC[C@@H]2C1)NCC(=O)Nc1ccc(F)c(F)c1F. The van der Waals surface area contributed by atoms with E-state index < -0.39 is 29.0 Å². The number of carbonyl (C=O) groups is 2. The smallest absolute Gasteiger partial charge is 0.243 e. The Hall–Kier alpha value is -2.09. The maximum Gasteiger partial charge on any atom is 0.243 e. The number of nitrogens with one attached hydrogen (secondary N) is 2. The number of likely N-dealkylation sites (tertiary alicyclic amines) is 1. The van der Waals surface area contributed by atoms with Gasteiger partial charge in [0.05, 0.1) is 18.8 Å². The standard InChI is InChI=1S/C19H24F3N3O2/c20-14-5-6-15(19(22)18(14)21)24-16(26)9-23-17(27)11-25-8-7-12-3-1-2-4-13(12)10-25/h5-6,12-13H,1-4,7-11H2,(H,23,27)(H,24,26)/t12-,13+/m0/s1. The topological polar surface area (TPSA) is 61.4 Å². The van der Waals surface area contributed by atoms with Gasteiger partial charge in [-0.3, -0.25) is 14.5 Å². The van der Waals surface area contributed by atoms with Gasteiger partial charge in [-0.2, -0.15) is 0 Å². The average molecular weight is 383 g/mol. The molecule has 2 N–H and O–H groups in total. The zero-order valence-corrected chi connectivity index (χ0v) is 15.1. The number of amides is 2. The zero-order chi connectivity index (χ0) is 19.4. The quantitative estimate of drug-likeness (QED) is 0.769. The minimum absolute atomic E-state index is 0.218. The fraction of sp³-hybridized carbons (Fsp3) is 0.579. The molecule has 1 aliphatic carbocycles. The summed E-state index contributed by atoms with van der Waals surface area (Å²) in [4.78, 5) is 26.0. The number of fused-ring (bicyclic) bond motifs is 1. The molecule has 2 aliphatic rings. The van der Waals surface area contributed by atoms with Crippen molar-refractivity contribution in [2.24, 2.45) is 11.8 Å². The molecule has 2 amide bonds. The molecule has 0 bridgehead atoms. The van der Waals surface area contributed by atoms with Crippen LogP contribution >= 0.6 is 0 Å². The van der Waals surface area contributed by atoms with E-state index in [9.17, 15) is 22.8 Å². The van der Waals surface area contributed by atoms with Crippen LogP contribution in [-0.2, 0) is 9.59 Å². The second-order valence-electron chi connectivity index (χ2n) is 7.38. The molecule has 0 spiro atoms. The Bertz CT molecular complexity index is 714. The minimum atomic E-state index is -1.65. The first-order valence-electron chi connectivity index (χ1n) is 9.36. The summed E-state index contributed by atoms with van der Waals surface area (Å²) in [6.45, 7) is 1.64. The van der Waals surface area contributed by atoms with Crippen molar-refractivity contribution in [1.29, 1.82) is 0 Å². The number of piperidine rings is 1. The zero-order valence-electron chi connectivity index (χ0n) is 15.1. The van der Waals surface area contributed by atoms with Crippen LogP contribution in [0.25, 0.3) is 0 Å². The van der Waals surface area contributed by atoms with Crippen LogP contribution < -0.4 is 10.6 Å². The van der Waals surface area contributed by atoms with E-state index in [1.165, 1.54) is 25.7 Å². The molecule has 1 saturated carbocycles. The predicted octanol–water partition coefficient (Wildman–Crippen LogP) is 2.67. The predicted molar refractivity (Wildman–Crippen MR) is 94.5 cm³/mol. The van der Waals surface area contributed by atoms with Crippen LogP contribution in [0.4, 0.5) is 18.9 Å². The van der Waals surface area contributed by atoms with Gasteiger partial charge in [0.25, 0.3) is 0 Å². The number of rotatable bonds is 5. The highest BCUT2D eigenvalue weighted by Crippen LogP contribution is 2.35. The Labute approximate surface area is 156 Å². The van der Waals surface area contributed by atoms with E-state index in [4.69, 9.17) is 0 Å². The number of carbonyl (C=O) groups excluding carboxylic acids is 2. The van der Waals surface area contributed by atoms with E-state index in [1.807, 2.05) is 0 Å². The van der Waals surface area contributed by atoms with Crippen molar-refractivity contribution in [3.8, 4) is 0 Å². The van der Waals surface area contributed by atoms with Crippen molar-refractivity contribution < 1.29 is 22.8 Å². The minimum Gasteiger partial charge on any atom is -0.346 e. The monoisotopic (exact) mass is 383 g/mol. The molecule has 2 atom stereocenters. The highest BCUT2D eigenvalue weighted by molar-refractivity contribution is 5.94. The summed E-state index contributed by atoms with van der Waals surface area (Å²) in [6.07, 6.45) is 6.15. The third kappa shape index (κ3) is 5.00. The van der Waals surface area contributed by atoms with E-state index in [0.29, 0.717) is 5.92 Å². The van der Waals surface area contributed by atoms with Gasteiger partial charge in [-0.25, -0.2) is 13.2 Å². The van der Waals surface area contributed by atoms with Crippen molar-refractivity contribution in [2.75, 3.05) is 31.5 Å². The van der Waals surface area contributed by atoms with Gasteiger partial charge >= 0.3 is 0 Å². The van der Waals surface area contributed by atoms with Crippen LogP contribution in [0, 0.1) is 29.3 Å². The van der Waals surface area contributed by atoms with Crippen molar-refractivity contribution >= 4 is 17.5 Å². The third-order valence-electron chi connectivity index (χ3n) is 5.50. The number of hydrogen-bond acceptors (Lipinski definition) is 3. The molecule has 1 heterocycles. The maximum absolute atomic E-state index is 13.5. The summed E-state index contributed by atoms with van der Waals surface area (Å²) in [5, 5.41) is 4.61. The van der Waals surface area contributed by atoms with E-state index in [0.717, 1.165) is 37.6 Å². The van der Waals surface area contributed by atoms with Crippen molar-refractivity contribution in [3.05, 3.63) is 29.6 Å². The number of halogens is 3. The van der Waals surface area contributed by atoms with Crippen molar-refractivity contribution in [1.82, 2.24) is 10.2 Å². The highest BCUT2D eigenvalue weighted by Gasteiger charge is 2.31. The second kappa shape index (κ2) is 8.73. The lowest BCUT2D eigenvalue weighted by molar-refractivity contribution is -0.125. The van der Waals surface area contributed by atoms with Crippen LogP contribution in [-0.4, -0.2) is 42.9 Å². The first kappa shape index (κ1) is 19.7.